The van der Waals surface area contributed by atoms with Crippen LogP contribution in [0, 0.1) is 6.92 Å². The van der Waals surface area contributed by atoms with Gasteiger partial charge in [0, 0.05) is 42.7 Å². The maximum atomic E-state index is 5.51. The second-order valence-corrected chi connectivity index (χ2v) is 8.51. The molecule has 2 aromatic rings. The summed E-state index contributed by atoms with van der Waals surface area (Å²) < 4.78 is 5.51. The zero-order valence-corrected chi connectivity index (χ0v) is 16.5. The molecule has 0 N–H and O–H groups in total. The van der Waals surface area contributed by atoms with E-state index < -0.39 is 0 Å². The average Bonchev–Trinajstić information content (AvgIpc) is 3.05. The molecule has 2 saturated heterocycles. The molecule has 3 heterocycles. The summed E-state index contributed by atoms with van der Waals surface area (Å²) in [7, 11) is 0. The summed E-state index contributed by atoms with van der Waals surface area (Å²) >= 11 is 1.87. The summed E-state index contributed by atoms with van der Waals surface area (Å²) in [4.78, 5) is 11.6. The molecule has 2 fully saturated rings. The van der Waals surface area contributed by atoms with Crippen LogP contribution in [0.1, 0.15) is 29.8 Å². The van der Waals surface area contributed by atoms with Gasteiger partial charge >= 0.3 is 0 Å². The number of aryl methyl sites for hydroxylation is 1. The van der Waals surface area contributed by atoms with Gasteiger partial charge in [0.05, 0.1) is 18.9 Å². The lowest BCUT2D eigenvalue weighted by molar-refractivity contribution is 0.0154. The molecule has 1 unspecified atom stereocenters. The standard InChI is InChI=1S/C21H29N3OS/c1-17-20(26-21(22-17)18-7-3-2-4-8-18)16-24-10-6-5-9-19(24)15-23-11-13-25-14-12-23/h2-4,7-8,19H,5-6,9-16H2,1H3. The molecule has 140 valence electrons. The SMILES string of the molecule is Cc1nc(-c2ccccc2)sc1CN1CCCCC1CN1CCOCC1. The first-order valence-electron chi connectivity index (χ1n) is 9.85. The average molecular weight is 372 g/mol. The highest BCUT2D eigenvalue weighted by atomic mass is 32.1. The number of hydrogen-bond acceptors (Lipinski definition) is 5. The molecule has 0 saturated carbocycles. The number of rotatable bonds is 5. The molecule has 0 spiro atoms. The second-order valence-electron chi connectivity index (χ2n) is 7.43. The normalized spacial score (nSPS) is 22.6. The lowest BCUT2D eigenvalue weighted by atomic mass is 10.0. The van der Waals surface area contributed by atoms with Crippen molar-refractivity contribution < 1.29 is 4.74 Å². The van der Waals surface area contributed by atoms with E-state index in [1.54, 1.807) is 0 Å². The number of aromatic nitrogens is 1. The monoisotopic (exact) mass is 371 g/mol. The molecule has 26 heavy (non-hydrogen) atoms. The Hall–Kier alpha value is -1.27. The Morgan fingerprint density at radius 3 is 2.73 bits per heavy atom. The predicted octanol–water partition coefficient (Wildman–Crippen LogP) is 3.81. The van der Waals surface area contributed by atoms with Crippen molar-refractivity contribution >= 4 is 11.3 Å². The van der Waals surface area contributed by atoms with Crippen molar-refractivity contribution in [3.05, 3.63) is 40.9 Å². The summed E-state index contributed by atoms with van der Waals surface area (Å²) in [6.45, 7) is 9.57. The van der Waals surface area contributed by atoms with Crippen molar-refractivity contribution in [1.29, 1.82) is 0 Å². The third kappa shape index (κ3) is 4.34. The van der Waals surface area contributed by atoms with E-state index in [9.17, 15) is 0 Å². The molecule has 1 atom stereocenters. The minimum atomic E-state index is 0.670. The molecule has 4 nitrogen and oxygen atoms in total. The van der Waals surface area contributed by atoms with Crippen molar-refractivity contribution in [3.63, 3.8) is 0 Å². The summed E-state index contributed by atoms with van der Waals surface area (Å²) in [5.41, 5.74) is 2.43. The number of hydrogen-bond donors (Lipinski definition) is 0. The Morgan fingerprint density at radius 2 is 1.92 bits per heavy atom. The highest BCUT2D eigenvalue weighted by Crippen LogP contribution is 2.30. The predicted molar refractivity (Wildman–Crippen MR) is 108 cm³/mol. The van der Waals surface area contributed by atoms with Crippen LogP contribution in [-0.4, -0.2) is 60.2 Å². The van der Waals surface area contributed by atoms with Gasteiger partial charge < -0.3 is 4.74 Å². The first-order valence-corrected chi connectivity index (χ1v) is 10.7. The van der Waals surface area contributed by atoms with Gasteiger partial charge in [-0.15, -0.1) is 11.3 Å². The van der Waals surface area contributed by atoms with Gasteiger partial charge in [-0.3, -0.25) is 9.80 Å². The Labute approximate surface area is 160 Å². The maximum Gasteiger partial charge on any atom is 0.123 e. The van der Waals surface area contributed by atoms with Crippen molar-refractivity contribution in [2.45, 2.75) is 38.8 Å². The van der Waals surface area contributed by atoms with E-state index in [4.69, 9.17) is 9.72 Å². The summed E-state index contributed by atoms with van der Waals surface area (Å²) in [5.74, 6) is 0. The molecule has 5 heteroatoms. The zero-order valence-electron chi connectivity index (χ0n) is 15.7. The Balaban J connectivity index is 1.45. The van der Waals surface area contributed by atoms with Crippen molar-refractivity contribution in [1.82, 2.24) is 14.8 Å². The van der Waals surface area contributed by atoms with E-state index in [1.807, 2.05) is 11.3 Å². The van der Waals surface area contributed by atoms with Crippen molar-refractivity contribution in [3.8, 4) is 10.6 Å². The van der Waals surface area contributed by atoms with Crippen LogP contribution in [0.5, 0.6) is 0 Å². The van der Waals surface area contributed by atoms with E-state index in [2.05, 4.69) is 47.1 Å². The molecule has 2 aliphatic heterocycles. The molecule has 0 bridgehead atoms. The lowest BCUT2D eigenvalue weighted by Crippen LogP contribution is -2.49. The van der Waals surface area contributed by atoms with Gasteiger partial charge in [-0.1, -0.05) is 36.8 Å². The molecular formula is C21H29N3OS. The topological polar surface area (TPSA) is 28.6 Å². The quantitative estimate of drug-likeness (QED) is 0.799. The molecule has 0 amide bonds. The highest BCUT2D eigenvalue weighted by Gasteiger charge is 2.26. The van der Waals surface area contributed by atoms with Crippen molar-refractivity contribution in [2.75, 3.05) is 39.4 Å². The fourth-order valence-corrected chi connectivity index (χ4v) is 5.11. The summed E-state index contributed by atoms with van der Waals surface area (Å²) in [6.07, 6.45) is 4.01. The highest BCUT2D eigenvalue weighted by molar-refractivity contribution is 7.15. The molecule has 2 aliphatic rings. The van der Waals surface area contributed by atoms with E-state index in [1.165, 1.54) is 48.5 Å². The first-order chi connectivity index (χ1) is 12.8. The molecular weight excluding hydrogens is 342 g/mol. The van der Waals surface area contributed by atoms with Crippen LogP contribution in [0.2, 0.25) is 0 Å². The number of morpholine rings is 1. The molecule has 4 rings (SSSR count). The van der Waals surface area contributed by atoms with Crippen LogP contribution < -0.4 is 0 Å². The maximum absolute atomic E-state index is 5.51. The van der Waals surface area contributed by atoms with Crippen LogP contribution in [0.4, 0.5) is 0 Å². The van der Waals surface area contributed by atoms with Gasteiger partial charge in [-0.25, -0.2) is 4.98 Å². The number of piperidine rings is 1. The number of thiazole rings is 1. The first kappa shape index (κ1) is 18.1. The van der Waals surface area contributed by atoms with Gasteiger partial charge in [0.25, 0.3) is 0 Å². The second kappa shape index (κ2) is 8.61. The number of nitrogens with zero attached hydrogens (tertiary/aromatic N) is 3. The molecule has 0 aliphatic carbocycles. The van der Waals surface area contributed by atoms with E-state index in [0.29, 0.717) is 6.04 Å². The van der Waals surface area contributed by atoms with Crippen LogP contribution in [0.3, 0.4) is 0 Å². The van der Waals surface area contributed by atoms with Gasteiger partial charge in [-0.05, 0) is 26.3 Å². The number of ether oxygens (including phenoxy) is 1. The molecule has 1 aromatic carbocycles. The Morgan fingerprint density at radius 1 is 1.12 bits per heavy atom. The van der Waals surface area contributed by atoms with E-state index >= 15 is 0 Å². The molecule has 0 radical (unpaired) electrons. The van der Waals surface area contributed by atoms with Crippen LogP contribution in [0.25, 0.3) is 10.6 Å². The third-order valence-electron chi connectivity index (χ3n) is 5.58. The van der Waals surface area contributed by atoms with E-state index in [0.717, 1.165) is 37.9 Å². The van der Waals surface area contributed by atoms with Crippen LogP contribution >= 0.6 is 11.3 Å². The molecule has 1 aromatic heterocycles. The van der Waals surface area contributed by atoms with Gasteiger partial charge in [0.1, 0.15) is 5.01 Å². The minimum Gasteiger partial charge on any atom is -0.379 e. The zero-order chi connectivity index (χ0) is 17.8. The fraction of sp³-hybridized carbons (Fsp3) is 0.571. The lowest BCUT2D eigenvalue weighted by Gasteiger charge is -2.39. The van der Waals surface area contributed by atoms with Gasteiger partial charge in [0.15, 0.2) is 0 Å². The van der Waals surface area contributed by atoms with Crippen LogP contribution in [0.15, 0.2) is 30.3 Å². The van der Waals surface area contributed by atoms with Gasteiger partial charge in [0.2, 0.25) is 0 Å². The fourth-order valence-electron chi connectivity index (χ4n) is 4.02. The Bertz CT molecular complexity index is 697. The Kier molecular flexibility index (Phi) is 6.00. The third-order valence-corrected chi connectivity index (χ3v) is 6.77. The summed E-state index contributed by atoms with van der Waals surface area (Å²) in [5, 5.41) is 1.15. The minimum absolute atomic E-state index is 0.670. The smallest absolute Gasteiger partial charge is 0.123 e. The van der Waals surface area contributed by atoms with E-state index in [-0.39, 0.29) is 0 Å². The summed E-state index contributed by atoms with van der Waals surface area (Å²) in [6, 6.07) is 11.2. The van der Waals surface area contributed by atoms with Crippen LogP contribution in [-0.2, 0) is 11.3 Å². The number of likely N-dealkylation sites (tertiary alicyclic amines) is 1. The largest absolute Gasteiger partial charge is 0.379 e. The number of benzene rings is 1. The van der Waals surface area contributed by atoms with Crippen molar-refractivity contribution in [2.24, 2.45) is 0 Å². The van der Waals surface area contributed by atoms with Gasteiger partial charge in [-0.2, -0.15) is 0 Å².